The first-order valence-electron chi connectivity index (χ1n) is 9.76. The summed E-state index contributed by atoms with van der Waals surface area (Å²) < 4.78 is 2.67. The van der Waals surface area contributed by atoms with Crippen molar-refractivity contribution in [3.8, 4) is 5.82 Å². The van der Waals surface area contributed by atoms with Gasteiger partial charge in [-0.05, 0) is 31.4 Å². The van der Waals surface area contributed by atoms with Crippen molar-refractivity contribution in [2.75, 3.05) is 23.3 Å². The molecule has 10 heteroatoms. The van der Waals surface area contributed by atoms with Crippen LogP contribution in [0.15, 0.2) is 43.2 Å². The van der Waals surface area contributed by atoms with Gasteiger partial charge < -0.3 is 10.2 Å². The summed E-state index contributed by atoms with van der Waals surface area (Å²) >= 11 is 1.51. The van der Waals surface area contributed by atoms with Gasteiger partial charge in [0.15, 0.2) is 10.9 Å². The number of anilines is 2. The van der Waals surface area contributed by atoms with E-state index in [1.807, 2.05) is 31.2 Å². The molecule has 0 bridgehead atoms. The van der Waals surface area contributed by atoms with E-state index in [0.717, 1.165) is 41.0 Å². The summed E-state index contributed by atoms with van der Waals surface area (Å²) in [5.41, 5.74) is 2.06. The van der Waals surface area contributed by atoms with Crippen molar-refractivity contribution in [3.63, 3.8) is 0 Å². The fraction of sp³-hybridized carbons (Fsp3) is 0.300. The predicted octanol–water partition coefficient (Wildman–Crippen LogP) is 2.83. The molecular weight excluding hydrogens is 400 g/mol. The molecule has 1 aliphatic heterocycles. The van der Waals surface area contributed by atoms with E-state index in [1.54, 1.807) is 11.0 Å². The highest BCUT2D eigenvalue weighted by Crippen LogP contribution is 2.29. The maximum Gasteiger partial charge on any atom is 0.231 e. The molecule has 30 heavy (non-hydrogen) atoms. The molecule has 1 atom stereocenters. The van der Waals surface area contributed by atoms with E-state index in [2.05, 4.69) is 35.3 Å². The molecule has 0 radical (unpaired) electrons. The van der Waals surface area contributed by atoms with Crippen LogP contribution in [0, 0.1) is 12.8 Å². The van der Waals surface area contributed by atoms with Gasteiger partial charge in [0.1, 0.15) is 24.8 Å². The number of fused-ring (bicyclic) bond motifs is 1. The SMILES string of the molecule is Cc1cccc2sc(NC(=O)C3CCCN(c4cc(-n5cncn5)ncn4)C3)nc12. The number of para-hydroxylation sites is 1. The Labute approximate surface area is 176 Å². The van der Waals surface area contributed by atoms with Crippen molar-refractivity contribution < 1.29 is 4.79 Å². The van der Waals surface area contributed by atoms with E-state index in [-0.39, 0.29) is 11.8 Å². The normalized spacial score (nSPS) is 16.7. The molecule has 1 saturated heterocycles. The van der Waals surface area contributed by atoms with Gasteiger partial charge in [-0.25, -0.2) is 24.6 Å². The zero-order chi connectivity index (χ0) is 20.5. The minimum Gasteiger partial charge on any atom is -0.356 e. The van der Waals surface area contributed by atoms with Gasteiger partial charge in [0, 0.05) is 19.2 Å². The zero-order valence-electron chi connectivity index (χ0n) is 16.4. The highest BCUT2D eigenvalue weighted by Gasteiger charge is 2.27. The molecule has 4 aromatic rings. The van der Waals surface area contributed by atoms with Crippen LogP contribution in [0.4, 0.5) is 10.9 Å². The van der Waals surface area contributed by atoms with Gasteiger partial charge in [-0.2, -0.15) is 5.10 Å². The number of thiazole rings is 1. The predicted molar refractivity (Wildman–Crippen MR) is 115 cm³/mol. The standard InChI is InChI=1S/C20H20N8OS/c1-13-4-2-6-15-18(13)25-20(30-15)26-19(29)14-5-3-7-27(9-14)16-8-17(23-11-22-16)28-12-21-10-24-28/h2,4,6,8,10-12,14H,3,5,7,9H2,1H3,(H,25,26,29). The number of rotatable bonds is 4. The Morgan fingerprint density at radius 1 is 1.23 bits per heavy atom. The summed E-state index contributed by atoms with van der Waals surface area (Å²) in [7, 11) is 0. The van der Waals surface area contributed by atoms with Crippen molar-refractivity contribution in [1.82, 2.24) is 29.7 Å². The lowest BCUT2D eigenvalue weighted by molar-refractivity contribution is -0.120. The Balaban J connectivity index is 1.30. The molecule has 4 heterocycles. The summed E-state index contributed by atoms with van der Waals surface area (Å²) in [5, 5.41) is 7.78. The molecule has 5 rings (SSSR count). The maximum absolute atomic E-state index is 12.9. The van der Waals surface area contributed by atoms with Gasteiger partial charge in [0.25, 0.3) is 0 Å². The molecule has 1 aliphatic rings. The van der Waals surface area contributed by atoms with E-state index in [1.165, 1.54) is 24.0 Å². The molecule has 1 N–H and O–H groups in total. The minimum absolute atomic E-state index is 0.00182. The van der Waals surface area contributed by atoms with E-state index in [4.69, 9.17) is 0 Å². The van der Waals surface area contributed by atoms with Crippen LogP contribution in [0.2, 0.25) is 0 Å². The van der Waals surface area contributed by atoms with Gasteiger partial charge in [0.05, 0.1) is 16.1 Å². The first kappa shape index (κ1) is 18.6. The van der Waals surface area contributed by atoms with E-state index in [0.29, 0.717) is 17.5 Å². The van der Waals surface area contributed by atoms with Crippen molar-refractivity contribution in [2.24, 2.45) is 5.92 Å². The van der Waals surface area contributed by atoms with Crippen molar-refractivity contribution in [2.45, 2.75) is 19.8 Å². The van der Waals surface area contributed by atoms with Gasteiger partial charge in [-0.3, -0.25) is 4.79 Å². The highest BCUT2D eigenvalue weighted by atomic mass is 32.1. The van der Waals surface area contributed by atoms with Crippen LogP contribution in [0.25, 0.3) is 16.0 Å². The Morgan fingerprint density at radius 3 is 2.97 bits per heavy atom. The molecule has 3 aromatic heterocycles. The molecule has 0 aliphatic carbocycles. The number of aromatic nitrogens is 6. The first-order valence-corrected chi connectivity index (χ1v) is 10.6. The average molecular weight is 421 g/mol. The number of carbonyl (C=O) groups excluding carboxylic acids is 1. The summed E-state index contributed by atoms with van der Waals surface area (Å²) in [6.45, 7) is 3.48. The highest BCUT2D eigenvalue weighted by molar-refractivity contribution is 7.22. The van der Waals surface area contributed by atoms with Gasteiger partial charge in [-0.15, -0.1) is 0 Å². The number of piperidine rings is 1. The lowest BCUT2D eigenvalue weighted by Gasteiger charge is -2.32. The number of hydrogen-bond acceptors (Lipinski definition) is 8. The first-order chi connectivity index (χ1) is 14.7. The second-order valence-corrected chi connectivity index (χ2v) is 8.32. The second kappa shape index (κ2) is 7.79. The number of aryl methyl sites for hydroxylation is 1. The number of benzene rings is 1. The fourth-order valence-electron chi connectivity index (χ4n) is 3.71. The second-order valence-electron chi connectivity index (χ2n) is 7.29. The topological polar surface area (TPSA) is 102 Å². The summed E-state index contributed by atoms with van der Waals surface area (Å²) in [4.78, 5) is 32.3. The van der Waals surface area contributed by atoms with E-state index in [9.17, 15) is 4.79 Å². The van der Waals surface area contributed by atoms with E-state index >= 15 is 0 Å². The third-order valence-electron chi connectivity index (χ3n) is 5.26. The lowest BCUT2D eigenvalue weighted by atomic mass is 9.97. The minimum atomic E-state index is -0.128. The van der Waals surface area contributed by atoms with Crippen molar-refractivity contribution in [1.29, 1.82) is 0 Å². The summed E-state index contributed by atoms with van der Waals surface area (Å²) in [6.07, 6.45) is 6.33. The maximum atomic E-state index is 12.9. The number of nitrogens with one attached hydrogen (secondary N) is 1. The number of nitrogens with zero attached hydrogens (tertiary/aromatic N) is 7. The summed E-state index contributed by atoms with van der Waals surface area (Å²) in [5.74, 6) is 1.30. The lowest BCUT2D eigenvalue weighted by Crippen LogP contribution is -2.41. The molecule has 0 spiro atoms. The van der Waals surface area contributed by atoms with Crippen LogP contribution in [-0.2, 0) is 4.79 Å². The molecule has 1 fully saturated rings. The largest absolute Gasteiger partial charge is 0.356 e. The molecule has 0 saturated carbocycles. The van der Waals surface area contributed by atoms with Crippen LogP contribution in [0.5, 0.6) is 0 Å². The smallest absolute Gasteiger partial charge is 0.231 e. The van der Waals surface area contributed by atoms with Crippen LogP contribution in [0.1, 0.15) is 18.4 Å². The van der Waals surface area contributed by atoms with Crippen LogP contribution in [-0.4, -0.2) is 48.7 Å². The van der Waals surface area contributed by atoms with Crippen LogP contribution < -0.4 is 10.2 Å². The number of hydrogen-bond donors (Lipinski definition) is 1. The Kier molecular flexibility index (Phi) is 4.83. The van der Waals surface area contributed by atoms with Gasteiger partial charge >= 0.3 is 0 Å². The Morgan fingerprint density at radius 2 is 2.13 bits per heavy atom. The van der Waals surface area contributed by atoms with Crippen LogP contribution in [0.3, 0.4) is 0 Å². The molecule has 1 amide bonds. The Bertz CT molecular complexity index is 1190. The molecule has 1 aromatic carbocycles. The number of carbonyl (C=O) groups is 1. The monoisotopic (exact) mass is 420 g/mol. The zero-order valence-corrected chi connectivity index (χ0v) is 17.2. The quantitative estimate of drug-likeness (QED) is 0.542. The van der Waals surface area contributed by atoms with Gasteiger partial charge in [-0.1, -0.05) is 23.5 Å². The van der Waals surface area contributed by atoms with E-state index < -0.39 is 0 Å². The third kappa shape index (κ3) is 3.61. The van der Waals surface area contributed by atoms with Crippen LogP contribution >= 0.6 is 11.3 Å². The van der Waals surface area contributed by atoms with Crippen molar-refractivity contribution >= 4 is 38.4 Å². The molecule has 152 valence electrons. The molecular formula is C20H20N8OS. The molecule has 9 nitrogen and oxygen atoms in total. The molecule has 1 unspecified atom stereocenters. The summed E-state index contributed by atoms with van der Waals surface area (Å²) in [6, 6.07) is 7.93. The third-order valence-corrected chi connectivity index (χ3v) is 6.19. The Hall–Kier alpha value is -3.40. The van der Waals surface area contributed by atoms with Gasteiger partial charge in [0.2, 0.25) is 5.91 Å². The fourth-order valence-corrected chi connectivity index (χ4v) is 4.66. The van der Waals surface area contributed by atoms with Crippen molar-refractivity contribution in [3.05, 3.63) is 48.8 Å². The number of amides is 1. The average Bonchev–Trinajstić information content (AvgIpc) is 3.45.